The van der Waals surface area contributed by atoms with Gasteiger partial charge in [-0.25, -0.2) is 0 Å². The maximum absolute atomic E-state index is 11.1. The van der Waals surface area contributed by atoms with Gasteiger partial charge in [-0.1, -0.05) is 36.4 Å². The van der Waals surface area contributed by atoms with Crippen molar-refractivity contribution in [1.82, 2.24) is 4.98 Å². The number of anilines is 1. The lowest BCUT2D eigenvalue weighted by Gasteiger charge is -2.11. The summed E-state index contributed by atoms with van der Waals surface area (Å²) in [4.78, 5) is 14.4. The van der Waals surface area contributed by atoms with Crippen molar-refractivity contribution < 1.29 is 4.79 Å². The molecular formula is C17H17N3O. The fourth-order valence-corrected chi connectivity index (χ4v) is 2.52. The molecule has 3 aromatic rings. The van der Waals surface area contributed by atoms with E-state index in [-0.39, 0.29) is 12.3 Å². The number of carbonyl (C=O) groups is 1. The predicted octanol–water partition coefficient (Wildman–Crippen LogP) is 2.81. The van der Waals surface area contributed by atoms with Crippen LogP contribution in [0.4, 0.5) is 5.69 Å². The van der Waals surface area contributed by atoms with E-state index in [1.807, 2.05) is 36.5 Å². The summed E-state index contributed by atoms with van der Waals surface area (Å²) >= 11 is 0. The van der Waals surface area contributed by atoms with Gasteiger partial charge in [0.25, 0.3) is 0 Å². The largest absolute Gasteiger partial charge is 0.381 e. The van der Waals surface area contributed by atoms with Crippen molar-refractivity contribution in [2.45, 2.75) is 13.0 Å². The minimum atomic E-state index is -0.323. The molecule has 3 rings (SSSR count). The van der Waals surface area contributed by atoms with Gasteiger partial charge in [-0.05, 0) is 28.6 Å². The Morgan fingerprint density at radius 1 is 1.05 bits per heavy atom. The minimum absolute atomic E-state index is 0.246. The summed E-state index contributed by atoms with van der Waals surface area (Å²) < 4.78 is 0. The zero-order chi connectivity index (χ0) is 14.7. The average molecular weight is 279 g/mol. The highest BCUT2D eigenvalue weighted by atomic mass is 16.1. The predicted molar refractivity (Wildman–Crippen MR) is 85.0 cm³/mol. The van der Waals surface area contributed by atoms with Crippen LogP contribution >= 0.6 is 0 Å². The summed E-state index contributed by atoms with van der Waals surface area (Å²) in [6.07, 6.45) is 2.19. The Morgan fingerprint density at radius 3 is 2.71 bits per heavy atom. The molecule has 0 spiro atoms. The van der Waals surface area contributed by atoms with Crippen LogP contribution in [0.2, 0.25) is 0 Å². The Labute approximate surface area is 123 Å². The molecule has 0 atom stereocenters. The van der Waals surface area contributed by atoms with E-state index < -0.39 is 0 Å². The number of benzene rings is 2. The van der Waals surface area contributed by atoms with Gasteiger partial charge in [0.1, 0.15) is 0 Å². The van der Waals surface area contributed by atoms with Crippen LogP contribution in [0.3, 0.4) is 0 Å². The van der Waals surface area contributed by atoms with Crippen molar-refractivity contribution in [2.24, 2.45) is 5.73 Å². The number of nitrogens with one attached hydrogen (secondary N) is 2. The average Bonchev–Trinajstić information content (AvgIpc) is 2.95. The number of para-hydroxylation sites is 2. The van der Waals surface area contributed by atoms with E-state index in [0.717, 1.165) is 16.8 Å². The lowest BCUT2D eigenvalue weighted by Crippen LogP contribution is -2.15. The lowest BCUT2D eigenvalue weighted by atomic mass is 10.1. The minimum Gasteiger partial charge on any atom is -0.381 e. The molecular weight excluding hydrogens is 262 g/mol. The number of aromatic amines is 1. The first kappa shape index (κ1) is 13.2. The van der Waals surface area contributed by atoms with Crippen molar-refractivity contribution in [1.29, 1.82) is 0 Å². The lowest BCUT2D eigenvalue weighted by molar-refractivity contribution is -0.117. The Hall–Kier alpha value is -2.75. The summed E-state index contributed by atoms with van der Waals surface area (Å²) in [5.74, 6) is -0.323. The first-order valence-electron chi connectivity index (χ1n) is 6.89. The third-order valence-electron chi connectivity index (χ3n) is 3.52. The van der Waals surface area contributed by atoms with Gasteiger partial charge in [-0.15, -0.1) is 0 Å². The van der Waals surface area contributed by atoms with E-state index >= 15 is 0 Å². The zero-order valence-electron chi connectivity index (χ0n) is 11.6. The van der Waals surface area contributed by atoms with Gasteiger partial charge in [0.15, 0.2) is 0 Å². The number of fused-ring (bicyclic) bond motifs is 1. The maximum atomic E-state index is 11.1. The van der Waals surface area contributed by atoms with E-state index in [1.54, 1.807) is 0 Å². The quantitative estimate of drug-likeness (QED) is 0.672. The number of primary amides is 1. The first-order chi connectivity index (χ1) is 10.2. The molecule has 2 aromatic carbocycles. The van der Waals surface area contributed by atoms with Crippen LogP contribution < -0.4 is 11.1 Å². The van der Waals surface area contributed by atoms with Crippen LogP contribution in [0, 0.1) is 0 Å². The SMILES string of the molecule is NC(=O)Cc1ccccc1NCc1cccc2cc[nH]c12. The first-order valence-corrected chi connectivity index (χ1v) is 6.89. The summed E-state index contributed by atoms with van der Waals surface area (Å²) in [5, 5.41) is 4.58. The number of H-pyrrole nitrogens is 1. The van der Waals surface area contributed by atoms with E-state index in [9.17, 15) is 4.79 Å². The zero-order valence-corrected chi connectivity index (χ0v) is 11.6. The molecule has 0 unspecified atom stereocenters. The Balaban J connectivity index is 1.82. The molecule has 1 heterocycles. The van der Waals surface area contributed by atoms with Gasteiger partial charge in [0, 0.05) is 18.4 Å². The van der Waals surface area contributed by atoms with Gasteiger partial charge in [-0.2, -0.15) is 0 Å². The summed E-state index contributed by atoms with van der Waals surface area (Å²) in [6, 6.07) is 16.0. The molecule has 1 amide bonds. The van der Waals surface area contributed by atoms with Crippen molar-refractivity contribution in [3.8, 4) is 0 Å². The van der Waals surface area contributed by atoms with Crippen LogP contribution in [0.25, 0.3) is 10.9 Å². The van der Waals surface area contributed by atoms with Crippen molar-refractivity contribution in [3.05, 3.63) is 65.9 Å². The topological polar surface area (TPSA) is 70.9 Å². The van der Waals surface area contributed by atoms with Crippen molar-refractivity contribution in [3.63, 3.8) is 0 Å². The third-order valence-corrected chi connectivity index (χ3v) is 3.52. The molecule has 0 fully saturated rings. The Bertz CT molecular complexity index is 776. The number of hydrogen-bond acceptors (Lipinski definition) is 2. The van der Waals surface area contributed by atoms with E-state index in [2.05, 4.69) is 28.5 Å². The molecule has 0 saturated heterocycles. The number of amides is 1. The van der Waals surface area contributed by atoms with E-state index in [1.165, 1.54) is 10.9 Å². The molecule has 0 saturated carbocycles. The molecule has 0 radical (unpaired) electrons. The standard InChI is InChI=1S/C17H17N3O/c18-16(21)10-13-4-1-2-7-15(13)20-11-14-6-3-5-12-8-9-19-17(12)14/h1-9,19-20H,10-11H2,(H2,18,21). The van der Waals surface area contributed by atoms with Crippen LogP contribution in [0.5, 0.6) is 0 Å². The van der Waals surface area contributed by atoms with Crippen LogP contribution in [0.1, 0.15) is 11.1 Å². The molecule has 21 heavy (non-hydrogen) atoms. The third kappa shape index (κ3) is 2.89. The number of hydrogen-bond donors (Lipinski definition) is 3. The van der Waals surface area contributed by atoms with E-state index in [0.29, 0.717) is 6.54 Å². The second-order valence-corrected chi connectivity index (χ2v) is 5.01. The molecule has 0 aliphatic heterocycles. The van der Waals surface area contributed by atoms with Crippen LogP contribution in [-0.4, -0.2) is 10.9 Å². The molecule has 4 heteroatoms. The normalized spacial score (nSPS) is 10.7. The molecule has 4 nitrogen and oxygen atoms in total. The monoisotopic (exact) mass is 279 g/mol. The maximum Gasteiger partial charge on any atom is 0.221 e. The molecule has 0 aliphatic carbocycles. The Morgan fingerprint density at radius 2 is 1.86 bits per heavy atom. The fraction of sp³-hybridized carbons (Fsp3) is 0.118. The summed E-state index contributed by atoms with van der Waals surface area (Å²) in [7, 11) is 0. The Kier molecular flexibility index (Phi) is 3.60. The number of carbonyl (C=O) groups excluding carboxylic acids is 1. The van der Waals surface area contributed by atoms with Gasteiger partial charge < -0.3 is 16.0 Å². The molecule has 4 N–H and O–H groups in total. The summed E-state index contributed by atoms with van der Waals surface area (Å²) in [6.45, 7) is 0.688. The number of nitrogens with two attached hydrogens (primary N) is 1. The van der Waals surface area contributed by atoms with Gasteiger partial charge in [-0.3, -0.25) is 4.79 Å². The van der Waals surface area contributed by atoms with E-state index in [4.69, 9.17) is 5.73 Å². The second-order valence-electron chi connectivity index (χ2n) is 5.01. The van der Waals surface area contributed by atoms with Crippen LogP contribution in [-0.2, 0) is 17.8 Å². The van der Waals surface area contributed by atoms with Gasteiger partial charge in [0.05, 0.1) is 11.9 Å². The smallest absolute Gasteiger partial charge is 0.221 e. The number of rotatable bonds is 5. The van der Waals surface area contributed by atoms with Gasteiger partial charge >= 0.3 is 0 Å². The highest BCUT2D eigenvalue weighted by Crippen LogP contribution is 2.20. The highest BCUT2D eigenvalue weighted by molar-refractivity contribution is 5.83. The molecule has 1 aromatic heterocycles. The highest BCUT2D eigenvalue weighted by Gasteiger charge is 2.06. The van der Waals surface area contributed by atoms with Crippen molar-refractivity contribution >= 4 is 22.5 Å². The second kappa shape index (κ2) is 5.71. The number of aromatic nitrogens is 1. The molecule has 0 bridgehead atoms. The molecule has 106 valence electrons. The van der Waals surface area contributed by atoms with Gasteiger partial charge in [0.2, 0.25) is 5.91 Å². The summed E-state index contributed by atoms with van der Waals surface area (Å²) in [5.41, 5.74) is 9.48. The van der Waals surface area contributed by atoms with Crippen molar-refractivity contribution in [2.75, 3.05) is 5.32 Å². The molecule has 0 aliphatic rings. The fourth-order valence-electron chi connectivity index (χ4n) is 2.52. The van der Waals surface area contributed by atoms with Crippen LogP contribution in [0.15, 0.2) is 54.7 Å².